The van der Waals surface area contributed by atoms with E-state index in [4.69, 9.17) is 0 Å². The molecule has 0 aliphatic heterocycles. The lowest BCUT2D eigenvalue weighted by atomic mass is 10.1. The van der Waals surface area contributed by atoms with Gasteiger partial charge in [-0.05, 0) is 41.9 Å². The molecule has 0 aliphatic carbocycles. The minimum atomic E-state index is 0.438. The fourth-order valence-electron chi connectivity index (χ4n) is 2.30. The van der Waals surface area contributed by atoms with Gasteiger partial charge in [0.25, 0.3) is 0 Å². The van der Waals surface area contributed by atoms with Crippen molar-refractivity contribution in [2.24, 2.45) is 0 Å². The van der Waals surface area contributed by atoms with Crippen molar-refractivity contribution in [1.29, 1.82) is 0 Å². The molecule has 108 valence electrons. The summed E-state index contributed by atoms with van der Waals surface area (Å²) in [4.78, 5) is 0. The highest BCUT2D eigenvalue weighted by atomic mass is 15.5. The number of nitrogens with zero attached hydrogens (tertiary/aromatic N) is 4. The maximum Gasteiger partial charge on any atom is 0.158 e. The van der Waals surface area contributed by atoms with E-state index in [1.54, 1.807) is 0 Å². The largest absolute Gasteiger partial charge is 0.314 e. The number of nitrogens with one attached hydrogen (secondary N) is 1. The van der Waals surface area contributed by atoms with Gasteiger partial charge in [-0.15, -0.1) is 5.10 Å². The van der Waals surface area contributed by atoms with E-state index in [1.807, 2.05) is 35.0 Å². The summed E-state index contributed by atoms with van der Waals surface area (Å²) in [6.07, 6.45) is 4.30. The molecule has 5 nitrogen and oxygen atoms in total. The van der Waals surface area contributed by atoms with Crippen LogP contribution in [0.15, 0.2) is 30.3 Å². The van der Waals surface area contributed by atoms with Gasteiger partial charge in [0.2, 0.25) is 0 Å². The normalized spacial score (nSPS) is 12.5. The number of rotatable bonds is 8. The van der Waals surface area contributed by atoms with Crippen LogP contribution in [-0.2, 0) is 6.42 Å². The molecule has 0 aliphatic rings. The Bertz CT molecular complexity index is 494. The summed E-state index contributed by atoms with van der Waals surface area (Å²) in [6, 6.07) is 10.5. The fourth-order valence-corrected chi connectivity index (χ4v) is 2.30. The molecule has 2 rings (SSSR count). The minimum Gasteiger partial charge on any atom is -0.314 e. The summed E-state index contributed by atoms with van der Waals surface area (Å²) in [6.45, 7) is 5.43. The Balaban J connectivity index is 2.10. The number of benzene rings is 1. The van der Waals surface area contributed by atoms with Crippen molar-refractivity contribution in [2.75, 3.05) is 6.54 Å². The van der Waals surface area contributed by atoms with Gasteiger partial charge in [0.15, 0.2) is 5.82 Å². The lowest BCUT2D eigenvalue weighted by Crippen LogP contribution is -2.32. The third-order valence-corrected chi connectivity index (χ3v) is 3.28. The predicted molar refractivity (Wildman–Crippen MR) is 79.8 cm³/mol. The zero-order valence-corrected chi connectivity index (χ0v) is 12.3. The van der Waals surface area contributed by atoms with Crippen LogP contribution in [0.25, 0.3) is 5.69 Å². The van der Waals surface area contributed by atoms with E-state index in [0.29, 0.717) is 6.04 Å². The summed E-state index contributed by atoms with van der Waals surface area (Å²) in [5, 5.41) is 15.7. The lowest BCUT2D eigenvalue weighted by Gasteiger charge is -2.17. The molecule has 5 heteroatoms. The molecular formula is C15H23N5. The third kappa shape index (κ3) is 3.87. The highest BCUT2D eigenvalue weighted by Gasteiger charge is 2.14. The van der Waals surface area contributed by atoms with Gasteiger partial charge in [-0.1, -0.05) is 38.5 Å². The second-order valence-corrected chi connectivity index (χ2v) is 4.99. The monoisotopic (exact) mass is 273 g/mol. The Labute approximate surface area is 120 Å². The molecule has 0 spiro atoms. The van der Waals surface area contributed by atoms with Gasteiger partial charge in [0.05, 0.1) is 5.69 Å². The first-order valence-electron chi connectivity index (χ1n) is 7.41. The van der Waals surface area contributed by atoms with E-state index in [1.165, 1.54) is 0 Å². The Morgan fingerprint density at radius 3 is 2.65 bits per heavy atom. The van der Waals surface area contributed by atoms with Gasteiger partial charge in [0.1, 0.15) is 0 Å². The first-order valence-corrected chi connectivity index (χ1v) is 7.41. The smallest absolute Gasteiger partial charge is 0.158 e. The maximum absolute atomic E-state index is 4.18. The van der Waals surface area contributed by atoms with E-state index in [2.05, 4.69) is 34.7 Å². The standard InChI is InChI=1S/C15H23N5/c1-3-8-13(16-11-4-2)12-15-17-18-19-20(15)14-9-6-5-7-10-14/h5-7,9-10,13,16H,3-4,8,11-12H2,1-2H3. The molecule has 0 saturated heterocycles. The van der Waals surface area contributed by atoms with E-state index >= 15 is 0 Å². The number of hydrogen-bond acceptors (Lipinski definition) is 4. The molecule has 0 bridgehead atoms. The summed E-state index contributed by atoms with van der Waals surface area (Å²) >= 11 is 0. The second-order valence-electron chi connectivity index (χ2n) is 4.99. The van der Waals surface area contributed by atoms with Crippen molar-refractivity contribution in [1.82, 2.24) is 25.5 Å². The van der Waals surface area contributed by atoms with Gasteiger partial charge in [-0.25, -0.2) is 0 Å². The first kappa shape index (κ1) is 14.7. The minimum absolute atomic E-state index is 0.438. The summed E-state index contributed by atoms with van der Waals surface area (Å²) in [5.74, 6) is 0.915. The SMILES string of the molecule is CCCNC(CCC)Cc1nnnn1-c1ccccc1. The molecule has 1 aromatic carbocycles. The number of tetrazole rings is 1. The number of para-hydroxylation sites is 1. The molecule has 0 amide bonds. The Morgan fingerprint density at radius 2 is 1.95 bits per heavy atom. The van der Waals surface area contributed by atoms with E-state index in [9.17, 15) is 0 Å². The highest BCUT2D eigenvalue weighted by molar-refractivity contribution is 5.30. The number of aromatic nitrogens is 4. The topological polar surface area (TPSA) is 55.6 Å². The average Bonchev–Trinajstić information content (AvgIpc) is 2.94. The summed E-state index contributed by atoms with van der Waals surface area (Å²) in [7, 11) is 0. The third-order valence-electron chi connectivity index (χ3n) is 3.28. The van der Waals surface area contributed by atoms with Gasteiger partial charge in [-0.2, -0.15) is 4.68 Å². The predicted octanol–water partition coefficient (Wildman–Crippen LogP) is 2.37. The first-order chi connectivity index (χ1) is 9.85. The molecule has 20 heavy (non-hydrogen) atoms. The lowest BCUT2D eigenvalue weighted by molar-refractivity contribution is 0.461. The van der Waals surface area contributed by atoms with Crippen LogP contribution in [0.1, 0.15) is 38.9 Å². The van der Waals surface area contributed by atoms with Gasteiger partial charge in [0, 0.05) is 12.5 Å². The average molecular weight is 273 g/mol. The van der Waals surface area contributed by atoms with Crippen LogP contribution in [0.3, 0.4) is 0 Å². The van der Waals surface area contributed by atoms with Crippen molar-refractivity contribution in [3.05, 3.63) is 36.2 Å². The molecular weight excluding hydrogens is 250 g/mol. The zero-order valence-electron chi connectivity index (χ0n) is 12.3. The fraction of sp³-hybridized carbons (Fsp3) is 0.533. The van der Waals surface area contributed by atoms with Crippen molar-refractivity contribution >= 4 is 0 Å². The summed E-state index contributed by atoms with van der Waals surface area (Å²) < 4.78 is 1.83. The molecule has 0 saturated carbocycles. The van der Waals surface area contributed by atoms with Crippen LogP contribution in [-0.4, -0.2) is 32.8 Å². The molecule has 1 heterocycles. The molecule has 0 radical (unpaired) electrons. The zero-order chi connectivity index (χ0) is 14.2. The van der Waals surface area contributed by atoms with Crippen LogP contribution in [0.2, 0.25) is 0 Å². The van der Waals surface area contributed by atoms with Crippen LogP contribution >= 0.6 is 0 Å². The van der Waals surface area contributed by atoms with Crippen molar-refractivity contribution in [3.63, 3.8) is 0 Å². The van der Waals surface area contributed by atoms with Crippen LogP contribution < -0.4 is 5.32 Å². The quantitative estimate of drug-likeness (QED) is 0.802. The van der Waals surface area contributed by atoms with Crippen LogP contribution in [0.4, 0.5) is 0 Å². The van der Waals surface area contributed by atoms with Crippen molar-refractivity contribution in [2.45, 2.75) is 45.6 Å². The maximum atomic E-state index is 4.18. The summed E-state index contributed by atoms with van der Waals surface area (Å²) in [5.41, 5.74) is 1.01. The molecule has 1 unspecified atom stereocenters. The molecule has 0 fully saturated rings. The van der Waals surface area contributed by atoms with E-state index in [-0.39, 0.29) is 0 Å². The Morgan fingerprint density at radius 1 is 1.15 bits per heavy atom. The van der Waals surface area contributed by atoms with E-state index < -0.39 is 0 Å². The molecule has 1 atom stereocenters. The van der Waals surface area contributed by atoms with Gasteiger partial charge >= 0.3 is 0 Å². The Kier molecular flexibility index (Phi) is 5.68. The highest BCUT2D eigenvalue weighted by Crippen LogP contribution is 2.10. The van der Waals surface area contributed by atoms with E-state index in [0.717, 1.165) is 43.7 Å². The van der Waals surface area contributed by atoms with Crippen LogP contribution in [0.5, 0.6) is 0 Å². The molecule has 1 aromatic heterocycles. The van der Waals surface area contributed by atoms with Crippen molar-refractivity contribution in [3.8, 4) is 5.69 Å². The van der Waals surface area contributed by atoms with Crippen LogP contribution in [0, 0.1) is 0 Å². The second kappa shape index (κ2) is 7.75. The van der Waals surface area contributed by atoms with Gasteiger partial charge < -0.3 is 5.32 Å². The molecule has 1 N–H and O–H groups in total. The van der Waals surface area contributed by atoms with Gasteiger partial charge in [-0.3, -0.25) is 0 Å². The molecule has 2 aromatic rings. The van der Waals surface area contributed by atoms with Crippen molar-refractivity contribution < 1.29 is 0 Å². The number of hydrogen-bond donors (Lipinski definition) is 1. The Hall–Kier alpha value is -1.75.